The zero-order chi connectivity index (χ0) is 9.14. The van der Waals surface area contributed by atoms with Gasteiger partial charge < -0.3 is 5.73 Å². The summed E-state index contributed by atoms with van der Waals surface area (Å²) in [6.07, 6.45) is 2.80. The molecule has 0 aromatic carbocycles. The monoisotopic (exact) mass is 165 g/mol. The number of hydrogen-bond acceptors (Lipinski definition) is 2. The van der Waals surface area contributed by atoms with Gasteiger partial charge in [0.15, 0.2) is 0 Å². The minimum atomic E-state index is 0.634. The van der Waals surface area contributed by atoms with Crippen LogP contribution in [-0.2, 0) is 7.05 Å². The van der Waals surface area contributed by atoms with Crippen molar-refractivity contribution in [2.75, 3.05) is 6.54 Å². The van der Waals surface area contributed by atoms with Crippen molar-refractivity contribution < 1.29 is 0 Å². The van der Waals surface area contributed by atoms with E-state index in [-0.39, 0.29) is 0 Å². The maximum atomic E-state index is 5.43. The molecule has 1 aromatic rings. The number of nitrogens with zero attached hydrogens (tertiary/aromatic N) is 2. The van der Waals surface area contributed by atoms with Crippen LogP contribution in [0.4, 0.5) is 0 Å². The normalized spacial score (nSPS) is 10.2. The van der Waals surface area contributed by atoms with Crippen LogP contribution in [-0.4, -0.2) is 16.3 Å². The lowest BCUT2D eigenvalue weighted by Crippen LogP contribution is -2.00. The van der Waals surface area contributed by atoms with Gasteiger partial charge >= 0.3 is 0 Å². The van der Waals surface area contributed by atoms with E-state index in [4.69, 9.17) is 5.73 Å². The van der Waals surface area contributed by atoms with Gasteiger partial charge in [0.05, 0.1) is 5.69 Å². The molecule has 0 amide bonds. The molecule has 0 saturated heterocycles. The summed E-state index contributed by atoms with van der Waals surface area (Å²) in [4.78, 5) is 0. The second-order valence-corrected chi connectivity index (χ2v) is 2.98. The van der Waals surface area contributed by atoms with Crippen molar-refractivity contribution in [3.05, 3.63) is 24.0 Å². The van der Waals surface area contributed by atoms with E-state index in [1.165, 1.54) is 0 Å². The third kappa shape index (κ3) is 1.74. The maximum Gasteiger partial charge on any atom is 0.0906 e. The summed E-state index contributed by atoms with van der Waals surface area (Å²) in [6.45, 7) is 6.60. The van der Waals surface area contributed by atoms with Gasteiger partial charge in [-0.15, -0.1) is 0 Å². The predicted molar refractivity (Wildman–Crippen MR) is 50.7 cm³/mol. The molecule has 0 atom stereocenters. The van der Waals surface area contributed by atoms with Crippen LogP contribution in [0.25, 0.3) is 5.57 Å². The van der Waals surface area contributed by atoms with Gasteiger partial charge in [0.25, 0.3) is 0 Å². The van der Waals surface area contributed by atoms with E-state index in [0.29, 0.717) is 6.54 Å². The van der Waals surface area contributed by atoms with Crippen molar-refractivity contribution in [1.29, 1.82) is 0 Å². The Hall–Kier alpha value is -1.09. The van der Waals surface area contributed by atoms with Crippen molar-refractivity contribution in [2.24, 2.45) is 12.8 Å². The molecule has 3 nitrogen and oxygen atoms in total. The molecule has 12 heavy (non-hydrogen) atoms. The third-order valence-corrected chi connectivity index (χ3v) is 1.79. The molecule has 0 aliphatic rings. The lowest BCUT2D eigenvalue weighted by atomic mass is 10.1. The highest BCUT2D eigenvalue weighted by Gasteiger charge is 2.05. The average Bonchev–Trinajstić information content (AvgIpc) is 2.30. The van der Waals surface area contributed by atoms with Gasteiger partial charge in [-0.05, 0) is 31.0 Å². The molecule has 0 aliphatic heterocycles. The Morgan fingerprint density at radius 3 is 2.83 bits per heavy atom. The van der Waals surface area contributed by atoms with Crippen molar-refractivity contribution >= 4 is 5.57 Å². The van der Waals surface area contributed by atoms with E-state index < -0.39 is 0 Å². The fourth-order valence-corrected chi connectivity index (χ4v) is 1.25. The van der Waals surface area contributed by atoms with Crippen molar-refractivity contribution in [3.63, 3.8) is 0 Å². The summed E-state index contributed by atoms with van der Waals surface area (Å²) in [5, 5.41) is 4.29. The van der Waals surface area contributed by atoms with Gasteiger partial charge in [0.2, 0.25) is 0 Å². The van der Waals surface area contributed by atoms with Gasteiger partial charge in [0, 0.05) is 13.2 Å². The number of rotatable bonds is 3. The molecule has 1 rings (SSSR count). The molecule has 66 valence electrons. The summed E-state index contributed by atoms with van der Waals surface area (Å²) in [7, 11) is 1.91. The molecular formula is C9H15N3. The van der Waals surface area contributed by atoms with Crippen molar-refractivity contribution in [1.82, 2.24) is 9.78 Å². The molecular weight excluding hydrogens is 150 g/mol. The van der Waals surface area contributed by atoms with E-state index in [9.17, 15) is 0 Å². The number of aryl methyl sites for hydroxylation is 2. The van der Waals surface area contributed by atoms with E-state index in [1.807, 2.05) is 20.2 Å². The predicted octanol–water partition coefficient (Wildman–Crippen LogP) is 1.09. The second kappa shape index (κ2) is 3.54. The molecule has 2 N–H and O–H groups in total. The molecule has 0 fully saturated rings. The van der Waals surface area contributed by atoms with Gasteiger partial charge in [-0.2, -0.15) is 5.10 Å². The molecule has 0 aliphatic carbocycles. The van der Waals surface area contributed by atoms with Crippen LogP contribution in [0.15, 0.2) is 12.8 Å². The van der Waals surface area contributed by atoms with Crippen LogP contribution in [0, 0.1) is 6.92 Å². The molecule has 0 saturated carbocycles. The van der Waals surface area contributed by atoms with Crippen LogP contribution in [0.5, 0.6) is 0 Å². The average molecular weight is 165 g/mol. The first-order valence-electron chi connectivity index (χ1n) is 4.03. The maximum absolute atomic E-state index is 5.43. The minimum Gasteiger partial charge on any atom is -0.330 e. The first kappa shape index (κ1) is 9.00. The summed E-state index contributed by atoms with van der Waals surface area (Å²) in [5.41, 5.74) is 8.60. The first-order valence-corrected chi connectivity index (χ1v) is 4.03. The Labute approximate surface area is 72.9 Å². The van der Waals surface area contributed by atoms with Crippen molar-refractivity contribution in [3.8, 4) is 0 Å². The summed E-state index contributed by atoms with van der Waals surface area (Å²) in [5.74, 6) is 0. The minimum absolute atomic E-state index is 0.634. The number of nitrogens with two attached hydrogens (primary N) is 1. The summed E-state index contributed by atoms with van der Waals surface area (Å²) < 4.78 is 1.80. The zero-order valence-corrected chi connectivity index (χ0v) is 7.67. The molecule has 0 unspecified atom stereocenters. The topological polar surface area (TPSA) is 43.8 Å². The molecule has 0 radical (unpaired) electrons. The molecule has 1 heterocycles. The van der Waals surface area contributed by atoms with Crippen molar-refractivity contribution in [2.45, 2.75) is 13.3 Å². The Kier molecular flexibility index (Phi) is 2.65. The molecule has 0 bridgehead atoms. The quantitative estimate of drug-likeness (QED) is 0.728. The lowest BCUT2D eigenvalue weighted by Gasteiger charge is -1.99. The standard InChI is InChI=1S/C9H15N3/c1-7(4-5-10)9-8(2)6-12(3)11-9/h6H,1,4-5,10H2,2-3H3. The summed E-state index contributed by atoms with van der Waals surface area (Å²) in [6, 6.07) is 0. The van der Waals surface area contributed by atoms with Crippen LogP contribution in [0.2, 0.25) is 0 Å². The van der Waals surface area contributed by atoms with Gasteiger partial charge in [-0.25, -0.2) is 0 Å². The number of hydrogen-bond donors (Lipinski definition) is 1. The fraction of sp³-hybridized carbons (Fsp3) is 0.444. The summed E-state index contributed by atoms with van der Waals surface area (Å²) >= 11 is 0. The molecule has 0 spiro atoms. The van der Waals surface area contributed by atoms with Crippen LogP contribution >= 0.6 is 0 Å². The van der Waals surface area contributed by atoms with E-state index >= 15 is 0 Å². The Balaban J connectivity index is 2.87. The van der Waals surface area contributed by atoms with E-state index in [2.05, 4.69) is 11.7 Å². The van der Waals surface area contributed by atoms with E-state index in [1.54, 1.807) is 4.68 Å². The third-order valence-electron chi connectivity index (χ3n) is 1.79. The first-order chi connectivity index (χ1) is 5.65. The molecule has 3 heteroatoms. The van der Waals surface area contributed by atoms with Crippen LogP contribution < -0.4 is 5.73 Å². The highest BCUT2D eigenvalue weighted by molar-refractivity contribution is 5.62. The van der Waals surface area contributed by atoms with Gasteiger partial charge in [0.1, 0.15) is 0 Å². The zero-order valence-electron chi connectivity index (χ0n) is 7.67. The largest absolute Gasteiger partial charge is 0.330 e. The Bertz CT molecular complexity index is 286. The highest BCUT2D eigenvalue weighted by Crippen LogP contribution is 2.16. The molecule has 1 aromatic heterocycles. The smallest absolute Gasteiger partial charge is 0.0906 e. The van der Waals surface area contributed by atoms with E-state index in [0.717, 1.165) is 23.3 Å². The fourth-order valence-electron chi connectivity index (χ4n) is 1.25. The SMILES string of the molecule is C=C(CCN)c1nn(C)cc1C. The Morgan fingerprint density at radius 2 is 2.42 bits per heavy atom. The second-order valence-electron chi connectivity index (χ2n) is 2.98. The van der Waals surface area contributed by atoms with Crippen LogP contribution in [0.3, 0.4) is 0 Å². The Morgan fingerprint density at radius 1 is 1.75 bits per heavy atom. The van der Waals surface area contributed by atoms with Gasteiger partial charge in [-0.1, -0.05) is 6.58 Å². The highest BCUT2D eigenvalue weighted by atomic mass is 15.2. The van der Waals surface area contributed by atoms with Crippen LogP contribution in [0.1, 0.15) is 17.7 Å². The lowest BCUT2D eigenvalue weighted by molar-refractivity contribution is 0.761. The van der Waals surface area contributed by atoms with Gasteiger partial charge in [-0.3, -0.25) is 4.68 Å². The number of aromatic nitrogens is 2.